The first-order valence-corrected chi connectivity index (χ1v) is 8.35. The second-order valence-electron chi connectivity index (χ2n) is 4.72. The van der Waals surface area contributed by atoms with Gasteiger partial charge < -0.3 is 5.32 Å². The van der Waals surface area contributed by atoms with Gasteiger partial charge in [-0.1, -0.05) is 18.5 Å². The second kappa shape index (κ2) is 6.22. The van der Waals surface area contributed by atoms with E-state index < -0.39 is 10.0 Å². The minimum atomic E-state index is -3.43. The van der Waals surface area contributed by atoms with Gasteiger partial charge in [-0.05, 0) is 43.7 Å². The van der Waals surface area contributed by atoms with E-state index >= 15 is 0 Å². The monoisotopic (exact) mass is 302 g/mol. The van der Waals surface area contributed by atoms with Gasteiger partial charge in [-0.15, -0.1) is 0 Å². The number of halogens is 1. The van der Waals surface area contributed by atoms with Gasteiger partial charge in [-0.3, -0.25) is 0 Å². The summed E-state index contributed by atoms with van der Waals surface area (Å²) in [6, 6.07) is 6.43. The van der Waals surface area contributed by atoms with E-state index in [0.29, 0.717) is 16.5 Å². The Balaban J connectivity index is 2.30. The van der Waals surface area contributed by atoms with Crippen molar-refractivity contribution in [3.63, 3.8) is 0 Å². The number of rotatable bonds is 5. The standard InChI is InChI=1S/C13H19ClN2O2S/c1-2-9-16(12-7-8-15-10-12)19(17,18)13-5-3-11(14)4-6-13/h3-6,12,15H,2,7-10H2,1H3. The van der Waals surface area contributed by atoms with Gasteiger partial charge in [-0.2, -0.15) is 4.31 Å². The summed E-state index contributed by atoms with van der Waals surface area (Å²) in [5.41, 5.74) is 0. The molecule has 1 aliphatic heterocycles. The molecule has 0 saturated carbocycles. The number of nitrogens with zero attached hydrogens (tertiary/aromatic N) is 1. The van der Waals surface area contributed by atoms with Crippen LogP contribution >= 0.6 is 11.6 Å². The Kier molecular flexibility index (Phi) is 4.84. The van der Waals surface area contributed by atoms with Crippen molar-refractivity contribution in [2.45, 2.75) is 30.7 Å². The van der Waals surface area contributed by atoms with E-state index in [4.69, 9.17) is 11.6 Å². The van der Waals surface area contributed by atoms with Crippen molar-refractivity contribution in [1.29, 1.82) is 0 Å². The summed E-state index contributed by atoms with van der Waals surface area (Å²) in [6.07, 6.45) is 1.68. The Morgan fingerprint density at radius 2 is 2.05 bits per heavy atom. The summed E-state index contributed by atoms with van der Waals surface area (Å²) in [7, 11) is -3.43. The Bertz CT molecular complexity index is 510. The third-order valence-electron chi connectivity index (χ3n) is 3.31. The van der Waals surface area contributed by atoms with Crippen molar-refractivity contribution in [2.24, 2.45) is 0 Å². The lowest BCUT2D eigenvalue weighted by molar-refractivity contribution is 0.335. The van der Waals surface area contributed by atoms with Gasteiger partial charge in [0.1, 0.15) is 0 Å². The van der Waals surface area contributed by atoms with Crippen LogP contribution in [0, 0.1) is 0 Å². The molecule has 1 fully saturated rings. The third-order valence-corrected chi connectivity index (χ3v) is 5.52. The maximum absolute atomic E-state index is 12.7. The van der Waals surface area contributed by atoms with Crippen LogP contribution in [0.1, 0.15) is 19.8 Å². The highest BCUT2D eigenvalue weighted by atomic mass is 35.5. The molecule has 4 nitrogen and oxygen atoms in total. The summed E-state index contributed by atoms with van der Waals surface area (Å²) in [5.74, 6) is 0. The topological polar surface area (TPSA) is 49.4 Å². The highest BCUT2D eigenvalue weighted by Crippen LogP contribution is 2.22. The van der Waals surface area contributed by atoms with Crippen LogP contribution in [0.3, 0.4) is 0 Å². The summed E-state index contributed by atoms with van der Waals surface area (Å²) >= 11 is 5.81. The SMILES string of the molecule is CCCN(C1CCNC1)S(=O)(=O)c1ccc(Cl)cc1. The minimum Gasteiger partial charge on any atom is -0.315 e. The first-order chi connectivity index (χ1) is 9.05. The van der Waals surface area contributed by atoms with Gasteiger partial charge in [-0.25, -0.2) is 8.42 Å². The highest BCUT2D eigenvalue weighted by molar-refractivity contribution is 7.89. The molecule has 1 N–H and O–H groups in total. The zero-order valence-electron chi connectivity index (χ0n) is 11.0. The largest absolute Gasteiger partial charge is 0.315 e. The van der Waals surface area contributed by atoms with Crippen molar-refractivity contribution >= 4 is 21.6 Å². The molecule has 0 aromatic heterocycles. The molecular weight excluding hydrogens is 284 g/mol. The second-order valence-corrected chi connectivity index (χ2v) is 7.04. The van der Waals surface area contributed by atoms with Crippen LogP contribution in [0.4, 0.5) is 0 Å². The van der Waals surface area contributed by atoms with Crippen molar-refractivity contribution < 1.29 is 8.42 Å². The molecule has 0 aliphatic carbocycles. The molecular formula is C13H19ClN2O2S. The lowest BCUT2D eigenvalue weighted by Gasteiger charge is -2.27. The normalized spacial score (nSPS) is 20.1. The van der Waals surface area contributed by atoms with Crippen LogP contribution < -0.4 is 5.32 Å². The number of sulfonamides is 1. The predicted octanol–water partition coefficient (Wildman–Crippen LogP) is 2.10. The molecule has 1 heterocycles. The quantitative estimate of drug-likeness (QED) is 0.906. The molecule has 0 spiro atoms. The van der Waals surface area contributed by atoms with Crippen molar-refractivity contribution in [2.75, 3.05) is 19.6 Å². The molecule has 0 radical (unpaired) electrons. The maximum Gasteiger partial charge on any atom is 0.243 e. The molecule has 19 heavy (non-hydrogen) atoms. The van der Waals surface area contributed by atoms with E-state index in [1.165, 1.54) is 0 Å². The molecule has 1 aliphatic rings. The van der Waals surface area contributed by atoms with Crippen molar-refractivity contribution in [3.8, 4) is 0 Å². The van der Waals surface area contributed by atoms with Gasteiger partial charge in [0.15, 0.2) is 0 Å². The first kappa shape index (κ1) is 14.8. The molecule has 1 saturated heterocycles. The summed E-state index contributed by atoms with van der Waals surface area (Å²) in [4.78, 5) is 0.317. The minimum absolute atomic E-state index is 0.0561. The molecule has 1 unspecified atom stereocenters. The number of hydrogen-bond acceptors (Lipinski definition) is 3. The molecule has 1 atom stereocenters. The lowest BCUT2D eigenvalue weighted by Crippen LogP contribution is -2.41. The Hall–Kier alpha value is -0.620. The molecule has 0 bridgehead atoms. The molecule has 1 aromatic carbocycles. The van der Waals surface area contributed by atoms with Crippen LogP contribution in [-0.2, 0) is 10.0 Å². The molecule has 2 rings (SSSR count). The average molecular weight is 303 g/mol. The predicted molar refractivity (Wildman–Crippen MR) is 76.9 cm³/mol. The van der Waals surface area contributed by atoms with Crippen molar-refractivity contribution in [3.05, 3.63) is 29.3 Å². The molecule has 6 heteroatoms. The van der Waals surface area contributed by atoms with E-state index in [1.54, 1.807) is 28.6 Å². The third kappa shape index (κ3) is 3.28. The van der Waals surface area contributed by atoms with E-state index in [1.807, 2.05) is 6.92 Å². The van der Waals surface area contributed by atoms with Crippen LogP contribution in [0.5, 0.6) is 0 Å². The van der Waals surface area contributed by atoms with E-state index in [2.05, 4.69) is 5.32 Å². The van der Waals surface area contributed by atoms with Gasteiger partial charge in [0.05, 0.1) is 4.90 Å². The highest BCUT2D eigenvalue weighted by Gasteiger charge is 2.32. The fourth-order valence-corrected chi connectivity index (χ4v) is 4.22. The smallest absolute Gasteiger partial charge is 0.243 e. The summed E-state index contributed by atoms with van der Waals surface area (Å²) in [5, 5.41) is 3.76. The van der Waals surface area contributed by atoms with E-state index in [-0.39, 0.29) is 6.04 Å². The Morgan fingerprint density at radius 1 is 1.37 bits per heavy atom. The molecule has 106 valence electrons. The zero-order chi connectivity index (χ0) is 13.9. The molecule has 0 amide bonds. The van der Waals surface area contributed by atoms with Crippen LogP contribution in [0.2, 0.25) is 5.02 Å². The fourth-order valence-electron chi connectivity index (χ4n) is 2.35. The molecule has 1 aromatic rings. The average Bonchev–Trinajstić information content (AvgIpc) is 2.89. The van der Waals surface area contributed by atoms with Gasteiger partial charge in [0.2, 0.25) is 10.0 Å². The number of hydrogen-bond donors (Lipinski definition) is 1. The Morgan fingerprint density at radius 3 is 2.58 bits per heavy atom. The van der Waals surface area contributed by atoms with Gasteiger partial charge >= 0.3 is 0 Å². The van der Waals surface area contributed by atoms with Crippen LogP contribution in [0.15, 0.2) is 29.2 Å². The van der Waals surface area contributed by atoms with Crippen LogP contribution in [0.25, 0.3) is 0 Å². The number of nitrogens with one attached hydrogen (secondary N) is 1. The van der Waals surface area contributed by atoms with E-state index in [9.17, 15) is 8.42 Å². The Labute approximate surface area is 119 Å². The van der Waals surface area contributed by atoms with E-state index in [0.717, 1.165) is 25.9 Å². The maximum atomic E-state index is 12.7. The fraction of sp³-hybridized carbons (Fsp3) is 0.538. The van der Waals surface area contributed by atoms with Crippen LogP contribution in [-0.4, -0.2) is 38.4 Å². The van der Waals surface area contributed by atoms with Gasteiger partial charge in [0.25, 0.3) is 0 Å². The number of benzene rings is 1. The first-order valence-electron chi connectivity index (χ1n) is 6.54. The summed E-state index contributed by atoms with van der Waals surface area (Å²) in [6.45, 7) is 4.15. The summed E-state index contributed by atoms with van der Waals surface area (Å²) < 4.78 is 27.0. The van der Waals surface area contributed by atoms with Crippen molar-refractivity contribution in [1.82, 2.24) is 9.62 Å². The zero-order valence-corrected chi connectivity index (χ0v) is 12.5. The van der Waals surface area contributed by atoms with Gasteiger partial charge in [0, 0.05) is 24.2 Å². The lowest BCUT2D eigenvalue weighted by atomic mass is 10.2.